The number of aliphatic hydroxyl groups is 1. The first kappa shape index (κ1) is 32.2. The molecule has 0 aliphatic heterocycles. The van der Waals surface area contributed by atoms with Crippen LogP contribution in [0.15, 0.2) is 67.3 Å². The molecule has 0 saturated heterocycles. The Morgan fingerprint density at radius 1 is 1.09 bits per heavy atom. The van der Waals surface area contributed by atoms with E-state index in [1.165, 1.54) is 6.20 Å². The summed E-state index contributed by atoms with van der Waals surface area (Å²) in [5.74, 6) is 0.539. The van der Waals surface area contributed by atoms with Gasteiger partial charge in [-0.25, -0.2) is 14.8 Å². The Balaban J connectivity index is 1.26. The van der Waals surface area contributed by atoms with E-state index in [2.05, 4.69) is 36.0 Å². The lowest BCUT2D eigenvalue weighted by Gasteiger charge is -2.36. The van der Waals surface area contributed by atoms with E-state index in [0.717, 1.165) is 16.7 Å². The number of benzene rings is 1. The van der Waals surface area contributed by atoms with Crippen molar-refractivity contribution in [1.82, 2.24) is 30.0 Å². The maximum atomic E-state index is 13.6. The van der Waals surface area contributed by atoms with Crippen molar-refractivity contribution in [3.8, 4) is 17.2 Å². The number of hydrogen-bond donors (Lipinski definition) is 4. The van der Waals surface area contributed by atoms with Crippen LogP contribution >= 0.6 is 0 Å². The van der Waals surface area contributed by atoms with E-state index in [1.807, 2.05) is 61.8 Å². The quantitative estimate of drug-likeness (QED) is 0.195. The average molecular weight is 635 g/mol. The third-order valence-corrected chi connectivity index (χ3v) is 7.68. The molecule has 1 unspecified atom stereocenters. The molecule has 4 aromatic rings. The smallest absolute Gasteiger partial charge is 0.382 e. The van der Waals surface area contributed by atoms with Gasteiger partial charge in [-0.15, -0.1) is 0 Å². The molecule has 2 amide bonds. The first-order chi connectivity index (χ1) is 22.1. The SMILES string of the molecule is Cn1cc(-c2ccc(N(C(=O)NCc3ccccc3)C3CCC(Nc4ncc(C#N)c(NCC(O)C(F)(F)F)n4)CC3)nc2)cn1. The van der Waals surface area contributed by atoms with Gasteiger partial charge in [-0.3, -0.25) is 9.58 Å². The summed E-state index contributed by atoms with van der Waals surface area (Å²) in [5, 5.41) is 31.5. The number of amides is 2. The second-order valence-corrected chi connectivity index (χ2v) is 11.0. The van der Waals surface area contributed by atoms with Gasteiger partial charge in [-0.05, 0) is 43.4 Å². The number of urea groups is 1. The van der Waals surface area contributed by atoms with E-state index in [9.17, 15) is 28.3 Å². The number of nitrogens with one attached hydrogen (secondary N) is 3. The number of alkyl halides is 3. The molecule has 15 heteroatoms. The molecule has 5 rings (SSSR count). The molecule has 1 aliphatic carbocycles. The average Bonchev–Trinajstić information content (AvgIpc) is 3.50. The Morgan fingerprint density at radius 2 is 1.85 bits per heavy atom. The summed E-state index contributed by atoms with van der Waals surface area (Å²) in [6, 6.07) is 14.7. The highest BCUT2D eigenvalue weighted by Gasteiger charge is 2.38. The standard InChI is InChI=1S/C31H33F3N10O2/c1-43-19-23(17-40-43)21-7-12-27(36-15-21)44(30(46)39-14-20-5-3-2-4-6-20)25-10-8-24(9-11-25)41-29-38-16-22(13-35)28(42-29)37-18-26(45)31(32,33)34/h2-7,12,15-17,19,24-26,45H,8-11,14,18H2,1H3,(H,39,46)(H2,37,38,41,42). The number of carbonyl (C=O) groups is 1. The maximum Gasteiger partial charge on any atom is 0.416 e. The number of pyridine rings is 1. The van der Waals surface area contributed by atoms with Crippen molar-refractivity contribution in [2.24, 2.45) is 7.05 Å². The Labute approximate surface area is 263 Å². The Kier molecular flexibility index (Phi) is 9.97. The van der Waals surface area contributed by atoms with Crippen LogP contribution < -0.4 is 20.9 Å². The van der Waals surface area contributed by atoms with Crippen LogP contribution in [0.3, 0.4) is 0 Å². The van der Waals surface area contributed by atoms with E-state index >= 15 is 0 Å². The fourth-order valence-electron chi connectivity index (χ4n) is 5.22. The second kappa shape index (κ2) is 14.2. The minimum absolute atomic E-state index is 0.0529. The van der Waals surface area contributed by atoms with E-state index in [0.29, 0.717) is 38.0 Å². The van der Waals surface area contributed by atoms with Crippen LogP contribution in [0.25, 0.3) is 11.1 Å². The van der Waals surface area contributed by atoms with Gasteiger partial charge in [0.05, 0.1) is 18.9 Å². The Bertz CT molecular complexity index is 1650. The lowest BCUT2D eigenvalue weighted by atomic mass is 9.90. The molecule has 1 saturated carbocycles. The van der Waals surface area contributed by atoms with Crippen LogP contribution in [0.5, 0.6) is 0 Å². The van der Waals surface area contributed by atoms with Gasteiger partial charge < -0.3 is 21.1 Å². The predicted octanol–water partition coefficient (Wildman–Crippen LogP) is 4.62. The molecule has 0 bridgehead atoms. The molecule has 46 heavy (non-hydrogen) atoms. The van der Waals surface area contributed by atoms with Gasteiger partial charge in [0, 0.05) is 49.2 Å². The van der Waals surface area contributed by atoms with E-state index in [1.54, 1.807) is 22.0 Å². The molecule has 12 nitrogen and oxygen atoms in total. The van der Waals surface area contributed by atoms with E-state index in [-0.39, 0.29) is 35.4 Å². The first-order valence-electron chi connectivity index (χ1n) is 14.7. The lowest BCUT2D eigenvalue weighted by Crippen LogP contribution is -2.49. The van der Waals surface area contributed by atoms with Gasteiger partial charge in [0.2, 0.25) is 5.95 Å². The van der Waals surface area contributed by atoms with Crippen molar-refractivity contribution in [1.29, 1.82) is 5.26 Å². The molecule has 1 fully saturated rings. The summed E-state index contributed by atoms with van der Waals surface area (Å²) in [7, 11) is 1.84. The predicted molar refractivity (Wildman–Crippen MR) is 165 cm³/mol. The summed E-state index contributed by atoms with van der Waals surface area (Å²) in [6.45, 7) is -0.508. The summed E-state index contributed by atoms with van der Waals surface area (Å²) < 4.78 is 39.9. The number of anilines is 3. The number of halogens is 3. The molecule has 3 heterocycles. The van der Waals surface area contributed by atoms with Gasteiger partial charge in [0.25, 0.3) is 0 Å². The molecular weight excluding hydrogens is 601 g/mol. The monoisotopic (exact) mass is 634 g/mol. The van der Waals surface area contributed by atoms with E-state index < -0.39 is 18.8 Å². The van der Waals surface area contributed by atoms with Crippen LogP contribution in [0.1, 0.15) is 36.8 Å². The third kappa shape index (κ3) is 8.07. The number of carbonyl (C=O) groups excluding carboxylic acids is 1. The van der Waals surface area contributed by atoms with Crippen LogP contribution in [0, 0.1) is 11.3 Å². The fourth-order valence-corrected chi connectivity index (χ4v) is 5.22. The highest BCUT2D eigenvalue weighted by molar-refractivity contribution is 5.91. The lowest BCUT2D eigenvalue weighted by molar-refractivity contribution is -0.198. The topological polar surface area (TPSA) is 157 Å². The second-order valence-electron chi connectivity index (χ2n) is 11.0. The highest BCUT2D eigenvalue weighted by atomic mass is 19.4. The third-order valence-electron chi connectivity index (χ3n) is 7.68. The van der Waals surface area contributed by atoms with Crippen LogP contribution in [0.4, 0.5) is 35.5 Å². The van der Waals surface area contributed by atoms with Gasteiger partial charge in [-0.2, -0.15) is 28.5 Å². The zero-order valence-corrected chi connectivity index (χ0v) is 24.9. The molecule has 1 aromatic carbocycles. The van der Waals surface area contributed by atoms with Crippen molar-refractivity contribution in [3.05, 3.63) is 78.4 Å². The number of aliphatic hydroxyl groups excluding tert-OH is 1. The molecule has 3 aromatic heterocycles. The molecule has 0 radical (unpaired) electrons. The summed E-state index contributed by atoms with van der Waals surface area (Å²) >= 11 is 0. The minimum Gasteiger partial charge on any atom is -0.382 e. The zero-order chi connectivity index (χ0) is 32.7. The van der Waals surface area contributed by atoms with Crippen LogP contribution in [-0.4, -0.2) is 66.8 Å². The molecular formula is C31H33F3N10O2. The van der Waals surface area contributed by atoms with Gasteiger partial charge in [-0.1, -0.05) is 30.3 Å². The van der Waals surface area contributed by atoms with Crippen molar-refractivity contribution in [2.75, 3.05) is 22.1 Å². The number of nitriles is 1. The number of rotatable bonds is 10. The Morgan fingerprint density at radius 3 is 2.48 bits per heavy atom. The maximum absolute atomic E-state index is 13.6. The van der Waals surface area contributed by atoms with Gasteiger partial charge in [0.15, 0.2) is 6.10 Å². The van der Waals surface area contributed by atoms with Gasteiger partial charge >= 0.3 is 12.2 Å². The number of aromatic nitrogens is 5. The van der Waals surface area contributed by atoms with Crippen molar-refractivity contribution < 1.29 is 23.1 Å². The zero-order valence-electron chi connectivity index (χ0n) is 24.9. The minimum atomic E-state index is -4.81. The molecule has 0 spiro atoms. The number of aryl methyl sites for hydroxylation is 1. The van der Waals surface area contributed by atoms with Crippen LogP contribution in [0.2, 0.25) is 0 Å². The number of hydrogen-bond acceptors (Lipinski definition) is 9. The molecule has 1 atom stereocenters. The van der Waals surface area contributed by atoms with Crippen molar-refractivity contribution in [3.63, 3.8) is 0 Å². The Hall–Kier alpha value is -5.23. The summed E-state index contributed by atoms with van der Waals surface area (Å²) in [4.78, 5) is 28.3. The fraction of sp³-hybridized carbons (Fsp3) is 0.355. The van der Waals surface area contributed by atoms with Crippen molar-refractivity contribution >= 4 is 23.6 Å². The molecule has 240 valence electrons. The first-order valence-corrected chi connectivity index (χ1v) is 14.7. The van der Waals surface area contributed by atoms with E-state index in [4.69, 9.17) is 0 Å². The highest BCUT2D eigenvalue weighted by Crippen LogP contribution is 2.30. The summed E-state index contributed by atoms with van der Waals surface area (Å²) in [5.41, 5.74) is 2.70. The van der Waals surface area contributed by atoms with Crippen LogP contribution in [-0.2, 0) is 13.6 Å². The van der Waals surface area contributed by atoms with Gasteiger partial charge in [0.1, 0.15) is 23.3 Å². The van der Waals surface area contributed by atoms with Crippen molar-refractivity contribution in [2.45, 2.75) is 56.6 Å². The summed E-state index contributed by atoms with van der Waals surface area (Å²) in [6.07, 6.45) is 1.67. The molecule has 1 aliphatic rings. The molecule has 4 N–H and O–H groups in total. The largest absolute Gasteiger partial charge is 0.416 e. The number of nitrogens with zero attached hydrogens (tertiary/aromatic N) is 7. The normalized spacial score (nSPS) is 17.0.